The molecule has 0 atom stereocenters. The zero-order chi connectivity index (χ0) is 43.5. The third kappa shape index (κ3) is 11.3. The molecule has 0 aliphatic rings. The zero-order valence-corrected chi connectivity index (χ0v) is 34.4. The number of allylic oxidation sites excluding steroid dienone is 1. The molecular weight excluding hydrogens is 774 g/mol. The molecule has 0 spiro atoms. The number of furan rings is 2. The van der Waals surface area contributed by atoms with Crippen molar-refractivity contribution in [3.8, 4) is 0 Å². The van der Waals surface area contributed by atoms with E-state index in [1.54, 1.807) is 59.8 Å². The third-order valence-electron chi connectivity index (χ3n) is 9.48. The second kappa shape index (κ2) is 19.9. The van der Waals surface area contributed by atoms with Gasteiger partial charge in [-0.05, 0) is 122 Å². The number of nitrogens with zero attached hydrogens (tertiary/aromatic N) is 3. The van der Waals surface area contributed by atoms with E-state index >= 15 is 0 Å². The van der Waals surface area contributed by atoms with E-state index in [0.29, 0.717) is 33.8 Å². The largest absolute Gasteiger partial charge is 0.467 e. The van der Waals surface area contributed by atoms with Crippen molar-refractivity contribution in [2.45, 2.75) is 53.9 Å². The number of aromatic nitrogens is 3. The van der Waals surface area contributed by atoms with Crippen LogP contribution in [0.4, 0.5) is 4.39 Å². The molecule has 0 aliphatic heterocycles. The summed E-state index contributed by atoms with van der Waals surface area (Å²) >= 11 is 0. The van der Waals surface area contributed by atoms with Crippen molar-refractivity contribution in [1.29, 1.82) is 0 Å². The number of hydrogen-bond donors (Lipinski definition) is 2. The van der Waals surface area contributed by atoms with E-state index in [1.807, 2.05) is 70.2 Å². The smallest absolute Gasteiger partial charge is 0.256 e. The predicted molar refractivity (Wildman–Crippen MR) is 234 cm³/mol. The van der Waals surface area contributed by atoms with Crippen LogP contribution < -0.4 is 11.1 Å². The Balaban J connectivity index is 0.000000188. The first-order valence-corrected chi connectivity index (χ1v) is 19.5. The van der Waals surface area contributed by atoms with Gasteiger partial charge in [0.2, 0.25) is 0 Å². The van der Waals surface area contributed by atoms with E-state index in [-0.39, 0.29) is 49.1 Å². The van der Waals surface area contributed by atoms with Gasteiger partial charge in [-0.2, -0.15) is 0 Å². The predicted octanol–water partition coefficient (Wildman–Crippen LogP) is 9.66. The Morgan fingerprint density at radius 3 is 1.54 bits per heavy atom. The normalized spacial score (nSPS) is 10.6. The first-order chi connectivity index (χ1) is 29.4. The first-order valence-electron chi connectivity index (χ1n) is 19.5. The van der Waals surface area contributed by atoms with E-state index in [4.69, 9.17) is 8.83 Å². The number of para-hydroxylation sites is 2. The highest BCUT2D eigenvalue weighted by molar-refractivity contribution is 5.94. The summed E-state index contributed by atoms with van der Waals surface area (Å²) in [6, 6.07) is 31.1. The van der Waals surface area contributed by atoms with E-state index in [0.717, 1.165) is 32.9 Å². The van der Waals surface area contributed by atoms with Crippen LogP contribution in [-0.2, 0) is 26.2 Å². The van der Waals surface area contributed by atoms with Gasteiger partial charge < -0.3 is 28.6 Å². The summed E-state index contributed by atoms with van der Waals surface area (Å²) in [6.07, 6.45) is 6.23. The molecule has 5 aromatic heterocycles. The standard InChI is InChI=1S/C23H19FN2O3.C22H19N3O3.C4H8/c1-15-4-2-5-17-12-18(22(27)25-21(15)17)13-26(14-20-6-3-11-29-20)23(28)16-7-9-19(24)10-8-16;1-15-5-2-6-16-11-18(21(26)24-20(15)16)13-25(14-19-8-4-10-28-19)22(27)17-7-3-9-23-12-17;1-4(2)3/h2-12H,13-14H2,1H3,(H,25,27);2-12H,13-14H2,1H3,(H,24,26);1H2,2-3H3. The SMILES string of the molecule is C=C(C)C.Cc1cccc2cc(CN(Cc3ccco3)C(=O)c3ccc(F)cc3)c(=O)[nH]c12.Cc1cccc2cc(CN(Cc3ccco3)C(=O)c3cccnc3)c(=O)[nH]c12. The average molecular weight is 820 g/mol. The summed E-state index contributed by atoms with van der Waals surface area (Å²) in [7, 11) is 0. The molecule has 310 valence electrons. The second-order valence-corrected chi connectivity index (χ2v) is 14.8. The van der Waals surface area contributed by atoms with Gasteiger partial charge in [-0.1, -0.05) is 42.0 Å². The minimum Gasteiger partial charge on any atom is -0.467 e. The van der Waals surface area contributed by atoms with E-state index < -0.39 is 5.82 Å². The summed E-state index contributed by atoms with van der Waals surface area (Å²) in [6.45, 7) is 12.1. The van der Waals surface area contributed by atoms with E-state index in [2.05, 4.69) is 21.5 Å². The molecule has 8 rings (SSSR count). The molecule has 12 heteroatoms. The Labute approximate surface area is 351 Å². The minimum absolute atomic E-state index is 0.0934. The number of carbonyl (C=O) groups is 2. The number of aryl methyl sites for hydroxylation is 2. The number of rotatable bonds is 10. The van der Waals surface area contributed by atoms with Crippen LogP contribution in [0.2, 0.25) is 0 Å². The molecule has 0 unspecified atom stereocenters. The monoisotopic (exact) mass is 819 g/mol. The number of halogens is 1. The van der Waals surface area contributed by atoms with Crippen molar-refractivity contribution in [3.63, 3.8) is 0 Å². The molecule has 2 N–H and O–H groups in total. The minimum atomic E-state index is -0.416. The fourth-order valence-electron chi connectivity index (χ4n) is 6.53. The van der Waals surface area contributed by atoms with Crippen LogP contribution >= 0.6 is 0 Å². The van der Waals surface area contributed by atoms with Crippen LogP contribution in [0.5, 0.6) is 0 Å². The molecule has 3 aromatic carbocycles. The van der Waals surface area contributed by atoms with Crippen molar-refractivity contribution >= 4 is 33.6 Å². The lowest BCUT2D eigenvalue weighted by Crippen LogP contribution is -2.32. The van der Waals surface area contributed by atoms with Crippen LogP contribution in [0.1, 0.15) is 68.3 Å². The number of hydrogen-bond acceptors (Lipinski definition) is 7. The molecule has 2 amide bonds. The highest BCUT2D eigenvalue weighted by Crippen LogP contribution is 2.20. The fourth-order valence-corrected chi connectivity index (χ4v) is 6.53. The van der Waals surface area contributed by atoms with Crippen molar-refractivity contribution in [3.05, 3.63) is 218 Å². The number of carbonyl (C=O) groups excluding carboxylic acids is 2. The number of pyridine rings is 3. The Kier molecular flexibility index (Phi) is 14.0. The highest BCUT2D eigenvalue weighted by atomic mass is 19.1. The average Bonchev–Trinajstić information content (AvgIpc) is 3.97. The van der Waals surface area contributed by atoms with Crippen LogP contribution in [0, 0.1) is 19.7 Å². The number of fused-ring (bicyclic) bond motifs is 2. The van der Waals surface area contributed by atoms with Crippen LogP contribution in [0.15, 0.2) is 165 Å². The zero-order valence-electron chi connectivity index (χ0n) is 34.4. The molecule has 8 aromatic rings. The number of benzene rings is 3. The van der Waals surface area contributed by atoms with Gasteiger partial charge in [0, 0.05) is 29.1 Å². The topological polar surface area (TPSA) is 146 Å². The molecule has 0 radical (unpaired) electrons. The summed E-state index contributed by atoms with van der Waals surface area (Å²) in [4.78, 5) is 64.4. The molecule has 0 aliphatic carbocycles. The summed E-state index contributed by atoms with van der Waals surface area (Å²) < 4.78 is 24.0. The molecular formula is C49H46FN5O6. The first kappa shape index (κ1) is 43.0. The Morgan fingerprint density at radius 1 is 0.639 bits per heavy atom. The van der Waals surface area contributed by atoms with Gasteiger partial charge in [0.15, 0.2) is 0 Å². The lowest BCUT2D eigenvalue weighted by atomic mass is 10.1. The summed E-state index contributed by atoms with van der Waals surface area (Å²) in [5.74, 6) is 0.290. The Hall–Kier alpha value is -7.60. The van der Waals surface area contributed by atoms with Gasteiger partial charge in [0.1, 0.15) is 17.3 Å². The maximum atomic E-state index is 13.3. The fraction of sp³-hybridized carbons (Fsp3) is 0.163. The van der Waals surface area contributed by atoms with Gasteiger partial charge in [-0.25, -0.2) is 4.39 Å². The molecule has 61 heavy (non-hydrogen) atoms. The second-order valence-electron chi connectivity index (χ2n) is 14.8. The number of H-pyrrole nitrogens is 2. The van der Waals surface area contributed by atoms with Crippen LogP contribution in [0.25, 0.3) is 21.8 Å². The highest BCUT2D eigenvalue weighted by Gasteiger charge is 2.21. The summed E-state index contributed by atoms with van der Waals surface area (Å²) in [5, 5.41) is 1.83. The number of amides is 2. The van der Waals surface area contributed by atoms with Crippen LogP contribution in [0.3, 0.4) is 0 Å². The third-order valence-corrected chi connectivity index (χ3v) is 9.48. The lowest BCUT2D eigenvalue weighted by Gasteiger charge is -2.22. The lowest BCUT2D eigenvalue weighted by molar-refractivity contribution is 0.0710. The molecule has 0 saturated carbocycles. The number of aromatic amines is 2. The molecule has 5 heterocycles. The van der Waals surface area contributed by atoms with E-state index in [1.165, 1.54) is 47.2 Å². The van der Waals surface area contributed by atoms with Crippen molar-refractivity contribution in [2.24, 2.45) is 0 Å². The number of nitrogens with one attached hydrogen (secondary N) is 2. The van der Waals surface area contributed by atoms with Gasteiger partial charge in [-0.3, -0.25) is 24.2 Å². The molecule has 11 nitrogen and oxygen atoms in total. The molecule has 0 bridgehead atoms. The van der Waals surface area contributed by atoms with Gasteiger partial charge >= 0.3 is 0 Å². The maximum absolute atomic E-state index is 13.3. The molecule has 0 fully saturated rings. The van der Waals surface area contributed by atoms with E-state index in [9.17, 15) is 23.6 Å². The maximum Gasteiger partial charge on any atom is 0.256 e. The Morgan fingerprint density at radius 2 is 1.11 bits per heavy atom. The quantitative estimate of drug-likeness (QED) is 0.131. The molecule has 0 saturated heterocycles. The Bertz CT molecular complexity index is 2860. The van der Waals surface area contributed by atoms with Gasteiger partial charge in [0.25, 0.3) is 22.9 Å². The van der Waals surface area contributed by atoms with Crippen molar-refractivity contribution in [2.75, 3.05) is 0 Å². The van der Waals surface area contributed by atoms with Crippen molar-refractivity contribution < 1.29 is 22.8 Å². The van der Waals surface area contributed by atoms with Gasteiger partial charge in [-0.15, -0.1) is 6.58 Å². The summed E-state index contributed by atoms with van der Waals surface area (Å²) in [5.41, 5.74) is 6.06. The van der Waals surface area contributed by atoms with Crippen molar-refractivity contribution in [1.82, 2.24) is 24.8 Å². The van der Waals surface area contributed by atoms with Crippen LogP contribution in [-0.4, -0.2) is 36.6 Å². The van der Waals surface area contributed by atoms with Gasteiger partial charge in [0.05, 0.1) is 55.3 Å².